The lowest BCUT2D eigenvalue weighted by Crippen LogP contribution is -2.40. The Kier molecular flexibility index (Phi) is 10.9. The van der Waals surface area contributed by atoms with Gasteiger partial charge in [0.1, 0.15) is 6.61 Å². The number of esters is 1. The van der Waals surface area contributed by atoms with Crippen molar-refractivity contribution in [2.75, 3.05) is 20.8 Å². The van der Waals surface area contributed by atoms with E-state index in [9.17, 15) is 19.7 Å². The number of allylic oxidation sites excluding steroid dienone is 1. The van der Waals surface area contributed by atoms with E-state index in [-0.39, 0.29) is 36.1 Å². The highest BCUT2D eigenvalue weighted by Crippen LogP contribution is 2.38. The van der Waals surface area contributed by atoms with Gasteiger partial charge in [-0.3, -0.25) is 19.5 Å². The van der Waals surface area contributed by atoms with Crippen molar-refractivity contribution in [1.29, 1.82) is 0 Å². The number of hydrogen-bond donors (Lipinski definition) is 0. The lowest BCUT2D eigenvalue weighted by atomic mass is 9.95. The molecule has 12 nitrogen and oxygen atoms in total. The van der Waals surface area contributed by atoms with Crippen molar-refractivity contribution in [2.45, 2.75) is 46.4 Å². The van der Waals surface area contributed by atoms with Crippen molar-refractivity contribution in [3.63, 3.8) is 0 Å². The molecule has 0 spiro atoms. The maximum atomic E-state index is 14.2. The highest BCUT2D eigenvalue weighted by molar-refractivity contribution is 9.10. The van der Waals surface area contributed by atoms with Gasteiger partial charge in [0.25, 0.3) is 11.2 Å². The number of nitro groups is 1. The van der Waals surface area contributed by atoms with E-state index in [0.29, 0.717) is 59.2 Å². The van der Waals surface area contributed by atoms with Gasteiger partial charge in [0, 0.05) is 12.1 Å². The average Bonchev–Trinajstić information content (AvgIpc) is 3.36. The van der Waals surface area contributed by atoms with Gasteiger partial charge in [-0.05, 0) is 90.7 Å². The molecular weight excluding hydrogens is 718 g/mol. The van der Waals surface area contributed by atoms with Gasteiger partial charge in [-0.15, -0.1) is 0 Å². The molecule has 0 saturated carbocycles. The van der Waals surface area contributed by atoms with E-state index >= 15 is 0 Å². The van der Waals surface area contributed by atoms with Crippen LogP contribution < -0.4 is 33.8 Å². The minimum atomic E-state index is -0.842. The molecule has 3 aromatic carbocycles. The quantitative estimate of drug-likeness (QED) is 0.0990. The van der Waals surface area contributed by atoms with Gasteiger partial charge in [-0.1, -0.05) is 29.5 Å². The Hall–Kier alpha value is -4.95. The van der Waals surface area contributed by atoms with E-state index < -0.39 is 16.9 Å². The number of nitro benzene ring substituents is 1. The molecule has 2 heterocycles. The third-order valence-electron chi connectivity index (χ3n) is 7.44. The third kappa shape index (κ3) is 7.55. The van der Waals surface area contributed by atoms with Crippen LogP contribution in [-0.4, -0.2) is 42.4 Å². The second-order valence-corrected chi connectivity index (χ2v) is 13.0. The van der Waals surface area contributed by atoms with Crippen molar-refractivity contribution in [1.82, 2.24) is 4.57 Å². The summed E-state index contributed by atoms with van der Waals surface area (Å²) < 4.78 is 31.0. The summed E-state index contributed by atoms with van der Waals surface area (Å²) in [6, 6.07) is 14.1. The molecule has 0 radical (unpaired) electrons. The molecule has 5 rings (SSSR count). The number of rotatable bonds is 12. The molecule has 14 heteroatoms. The van der Waals surface area contributed by atoms with E-state index in [1.165, 1.54) is 42.3 Å². The summed E-state index contributed by atoms with van der Waals surface area (Å²) >= 11 is 4.73. The molecule has 0 amide bonds. The van der Waals surface area contributed by atoms with Gasteiger partial charge in [-0.25, -0.2) is 9.79 Å². The summed E-state index contributed by atoms with van der Waals surface area (Å²) in [5.41, 5.74) is 2.15. The van der Waals surface area contributed by atoms with Gasteiger partial charge in [0.2, 0.25) is 0 Å². The second kappa shape index (κ2) is 15.1. The maximum absolute atomic E-state index is 14.2. The van der Waals surface area contributed by atoms with E-state index in [4.69, 9.17) is 23.7 Å². The van der Waals surface area contributed by atoms with E-state index in [2.05, 4.69) is 20.9 Å². The Balaban J connectivity index is 1.57. The third-order valence-corrected chi connectivity index (χ3v) is 9.01. The first kappa shape index (κ1) is 35.4. The average molecular weight is 753 g/mol. The van der Waals surface area contributed by atoms with E-state index in [1.54, 1.807) is 62.4 Å². The Labute approximate surface area is 294 Å². The van der Waals surface area contributed by atoms with Gasteiger partial charge in [0.15, 0.2) is 27.8 Å². The monoisotopic (exact) mass is 751 g/mol. The fourth-order valence-electron chi connectivity index (χ4n) is 5.34. The second-order valence-electron chi connectivity index (χ2n) is 11.1. The van der Waals surface area contributed by atoms with Gasteiger partial charge in [-0.2, -0.15) is 0 Å². The van der Waals surface area contributed by atoms with Crippen molar-refractivity contribution >= 4 is 45.0 Å². The minimum absolute atomic E-state index is 0.0351. The summed E-state index contributed by atoms with van der Waals surface area (Å²) in [5.74, 6) is 1.19. The Morgan fingerprint density at radius 2 is 1.86 bits per heavy atom. The number of halogens is 1. The van der Waals surface area contributed by atoms with Crippen LogP contribution in [0.3, 0.4) is 0 Å². The predicted octanol–water partition coefficient (Wildman–Crippen LogP) is 5.85. The lowest BCUT2D eigenvalue weighted by Gasteiger charge is -2.25. The van der Waals surface area contributed by atoms with E-state index in [0.717, 1.165) is 0 Å². The molecule has 1 aromatic heterocycles. The molecule has 1 aliphatic heterocycles. The molecule has 49 heavy (non-hydrogen) atoms. The molecule has 4 aromatic rings. The van der Waals surface area contributed by atoms with Crippen molar-refractivity contribution in [3.8, 4) is 23.0 Å². The molecular formula is C35H34BrN3O9S. The highest BCUT2D eigenvalue weighted by atomic mass is 79.9. The fourth-order valence-corrected chi connectivity index (χ4v) is 6.96. The number of nitrogens with zero attached hydrogens (tertiary/aromatic N) is 3. The molecule has 0 saturated heterocycles. The Bertz CT molecular complexity index is 2140. The number of thiazole rings is 1. The number of non-ortho nitro benzene ring substituents is 1. The van der Waals surface area contributed by atoms with Crippen LogP contribution >= 0.6 is 27.3 Å². The molecule has 0 bridgehead atoms. The summed E-state index contributed by atoms with van der Waals surface area (Å²) in [6.45, 7) is 7.47. The highest BCUT2D eigenvalue weighted by Gasteiger charge is 2.34. The zero-order valence-corrected chi connectivity index (χ0v) is 30.0. The number of ether oxygens (including phenoxy) is 5. The summed E-state index contributed by atoms with van der Waals surface area (Å²) in [7, 11) is 3.02. The number of fused-ring (bicyclic) bond motifs is 1. The zero-order valence-electron chi connectivity index (χ0n) is 27.6. The molecule has 256 valence electrons. The van der Waals surface area contributed by atoms with Crippen LogP contribution in [0, 0.1) is 10.1 Å². The number of methoxy groups -OCH3 is 2. The first-order valence-electron chi connectivity index (χ1n) is 15.2. The molecule has 0 fully saturated rings. The largest absolute Gasteiger partial charge is 0.493 e. The molecule has 0 aliphatic carbocycles. The molecule has 1 aliphatic rings. The number of carbonyl (C=O) groups is 1. The van der Waals surface area contributed by atoms with E-state index in [1.807, 2.05) is 13.8 Å². The normalized spacial score (nSPS) is 14.3. The first-order chi connectivity index (χ1) is 23.4. The van der Waals surface area contributed by atoms with Gasteiger partial charge in [0.05, 0.1) is 58.2 Å². The minimum Gasteiger partial charge on any atom is -0.493 e. The van der Waals surface area contributed by atoms with Crippen LogP contribution in [0.25, 0.3) is 6.08 Å². The molecule has 0 unspecified atom stereocenters. The summed E-state index contributed by atoms with van der Waals surface area (Å²) in [6.07, 6.45) is 1.61. The van der Waals surface area contributed by atoms with Crippen LogP contribution in [-0.2, 0) is 16.1 Å². The summed E-state index contributed by atoms with van der Waals surface area (Å²) in [4.78, 5) is 43.3. The van der Waals surface area contributed by atoms with Crippen LogP contribution in [0.15, 0.2) is 80.1 Å². The molecule has 1 atom stereocenters. The van der Waals surface area contributed by atoms with Crippen molar-refractivity contribution in [3.05, 3.63) is 117 Å². The SMILES string of the molecule is CCOC(=O)C1=C(C)N=c2s/c(=C\c3cc(Br)c(OCc4cccc([N+](=O)[O-])c4)c(OC)c3)c(=O)n2[C@@H]1c1ccc(OC(C)C)c(OC)c1. The predicted molar refractivity (Wildman–Crippen MR) is 187 cm³/mol. The topological polar surface area (TPSA) is 141 Å². The maximum Gasteiger partial charge on any atom is 0.338 e. The van der Waals surface area contributed by atoms with Gasteiger partial charge < -0.3 is 23.7 Å². The standard InChI is InChI=1S/C35H34BrN3O9S/c1-7-46-34(41)30-20(4)37-35-38(31(30)23-11-12-26(48-19(2)3)27(17-23)44-5)33(40)29(49-35)16-22-14-25(36)32(28(15-22)45-6)47-18-21-9-8-10-24(13-21)39(42)43/h8-17,19,31H,7,18H2,1-6H3/b29-16-/t31-/m1/s1. The lowest BCUT2D eigenvalue weighted by molar-refractivity contribution is -0.384. The fraction of sp³-hybridized carbons (Fsp3) is 0.286. The van der Waals surface area contributed by atoms with Crippen LogP contribution in [0.4, 0.5) is 5.69 Å². The van der Waals surface area contributed by atoms with Gasteiger partial charge >= 0.3 is 5.97 Å². The van der Waals surface area contributed by atoms with Crippen LogP contribution in [0.2, 0.25) is 0 Å². The van der Waals surface area contributed by atoms with Crippen molar-refractivity contribution in [2.24, 2.45) is 4.99 Å². The number of aromatic nitrogens is 1. The number of carbonyl (C=O) groups excluding carboxylic acids is 1. The van der Waals surface area contributed by atoms with Crippen molar-refractivity contribution < 1.29 is 33.4 Å². The zero-order chi connectivity index (χ0) is 35.4. The van der Waals surface area contributed by atoms with Crippen LogP contribution in [0.5, 0.6) is 23.0 Å². The van der Waals surface area contributed by atoms with Crippen LogP contribution in [0.1, 0.15) is 50.4 Å². The number of hydrogen-bond acceptors (Lipinski definition) is 11. The smallest absolute Gasteiger partial charge is 0.338 e. The number of benzene rings is 3. The summed E-state index contributed by atoms with van der Waals surface area (Å²) in [5, 5.41) is 11.2. The molecule has 0 N–H and O–H groups in total. The first-order valence-corrected chi connectivity index (χ1v) is 16.8. The Morgan fingerprint density at radius 3 is 2.53 bits per heavy atom. The Morgan fingerprint density at radius 1 is 1.10 bits per heavy atom.